The van der Waals surface area contributed by atoms with E-state index in [9.17, 15) is 31.5 Å². The van der Waals surface area contributed by atoms with Gasteiger partial charge in [-0.2, -0.15) is 22.0 Å². The lowest BCUT2D eigenvalue weighted by molar-refractivity contribution is -0.137. The average molecular weight is 455 g/mol. The molecule has 2 aromatic carbocycles. The van der Waals surface area contributed by atoms with Crippen LogP contribution in [0.2, 0.25) is 0 Å². The van der Waals surface area contributed by atoms with Gasteiger partial charge in [0.15, 0.2) is 6.61 Å². The minimum absolute atomic E-state index is 0.00873. The molecule has 0 atom stereocenters. The molecule has 0 aliphatic carbocycles. The van der Waals surface area contributed by atoms with Crippen LogP contribution in [0.4, 0.5) is 27.6 Å². The molecule has 3 aromatic rings. The predicted octanol–water partition coefficient (Wildman–Crippen LogP) is 5.36. The van der Waals surface area contributed by atoms with Gasteiger partial charge in [0.05, 0.1) is 11.3 Å². The van der Waals surface area contributed by atoms with Crippen molar-refractivity contribution in [3.05, 3.63) is 72.0 Å². The maximum Gasteiger partial charge on any atom is 0.416 e. The lowest BCUT2D eigenvalue weighted by Crippen LogP contribution is -2.21. The van der Waals surface area contributed by atoms with E-state index in [4.69, 9.17) is 9.15 Å². The van der Waals surface area contributed by atoms with Crippen molar-refractivity contribution in [2.24, 2.45) is 0 Å². The van der Waals surface area contributed by atoms with Crippen LogP contribution in [0.3, 0.4) is 0 Å². The van der Waals surface area contributed by atoms with Gasteiger partial charge >= 0.3 is 18.8 Å². The van der Waals surface area contributed by atoms with E-state index >= 15 is 0 Å². The Balaban J connectivity index is 1.61. The van der Waals surface area contributed by atoms with Crippen molar-refractivity contribution in [1.82, 2.24) is 0 Å². The summed E-state index contributed by atoms with van der Waals surface area (Å²) >= 11 is 0. The highest BCUT2D eigenvalue weighted by atomic mass is 19.4. The number of furan rings is 1. The minimum Gasteiger partial charge on any atom is -0.450 e. The Bertz CT molecular complexity index is 1110. The van der Waals surface area contributed by atoms with Gasteiger partial charge in [-0.25, -0.2) is 4.79 Å². The summed E-state index contributed by atoms with van der Waals surface area (Å²) in [6.45, 7) is -3.88. The van der Waals surface area contributed by atoms with Gasteiger partial charge in [0.25, 0.3) is 5.91 Å². The van der Waals surface area contributed by atoms with Gasteiger partial charge in [-0.3, -0.25) is 4.79 Å². The topological polar surface area (TPSA) is 77.8 Å². The van der Waals surface area contributed by atoms with E-state index < -0.39 is 36.8 Å². The molecule has 168 valence electrons. The zero-order chi connectivity index (χ0) is 23.3. The van der Waals surface area contributed by atoms with E-state index in [0.29, 0.717) is 0 Å². The molecule has 1 aromatic heterocycles. The van der Waals surface area contributed by atoms with Crippen LogP contribution < -0.4 is 10.1 Å². The fourth-order valence-electron chi connectivity index (χ4n) is 2.61. The Morgan fingerprint density at radius 2 is 1.75 bits per heavy atom. The normalized spacial score (nSPS) is 11.3. The number of hydrogen-bond acceptors (Lipinski definition) is 5. The largest absolute Gasteiger partial charge is 0.450 e. The zero-order valence-corrected chi connectivity index (χ0v) is 16.0. The molecule has 0 unspecified atom stereocenters. The molecule has 1 amide bonds. The number of carbonyl (C=O) groups is 2. The Labute approximate surface area is 177 Å². The van der Waals surface area contributed by atoms with Crippen molar-refractivity contribution in [3.63, 3.8) is 0 Å². The van der Waals surface area contributed by atoms with Crippen LogP contribution in [0.5, 0.6) is 5.75 Å². The van der Waals surface area contributed by atoms with E-state index in [0.717, 1.165) is 12.1 Å². The number of benzene rings is 2. The minimum atomic E-state index is -4.54. The first-order valence-electron chi connectivity index (χ1n) is 8.92. The van der Waals surface area contributed by atoms with E-state index in [1.165, 1.54) is 48.5 Å². The first-order chi connectivity index (χ1) is 15.1. The third-order valence-corrected chi connectivity index (χ3v) is 3.99. The SMILES string of the molecule is O=C(COC(=O)c1ccc(-c2cccc(C(F)(F)F)c2)o1)Nc1ccccc1OC(F)F. The lowest BCUT2D eigenvalue weighted by Gasteiger charge is -2.11. The van der Waals surface area contributed by atoms with Crippen LogP contribution >= 0.6 is 0 Å². The summed E-state index contributed by atoms with van der Waals surface area (Å²) in [5.41, 5.74) is -0.853. The molecule has 3 rings (SSSR count). The second-order valence-corrected chi connectivity index (χ2v) is 6.24. The highest BCUT2D eigenvalue weighted by molar-refractivity contribution is 5.95. The van der Waals surface area contributed by atoms with E-state index in [1.807, 2.05) is 0 Å². The van der Waals surface area contributed by atoms with Gasteiger partial charge in [0.2, 0.25) is 5.76 Å². The summed E-state index contributed by atoms with van der Waals surface area (Å²) in [6.07, 6.45) is -4.54. The average Bonchev–Trinajstić information content (AvgIpc) is 3.23. The summed E-state index contributed by atoms with van der Waals surface area (Å²) in [4.78, 5) is 24.1. The number of para-hydroxylation sites is 2. The van der Waals surface area contributed by atoms with Gasteiger partial charge in [0.1, 0.15) is 11.5 Å². The summed E-state index contributed by atoms with van der Waals surface area (Å²) in [7, 11) is 0. The molecule has 6 nitrogen and oxygen atoms in total. The standard InChI is InChI=1S/C21H14F5NO5/c22-20(23)32-16-7-2-1-6-14(16)27-18(28)11-30-19(29)17-9-8-15(31-17)12-4-3-5-13(10-12)21(24,25)26/h1-10,20H,11H2,(H,27,28). The van der Waals surface area contributed by atoms with Gasteiger partial charge in [-0.05, 0) is 36.4 Å². The first-order valence-corrected chi connectivity index (χ1v) is 8.92. The summed E-state index contributed by atoms with van der Waals surface area (Å²) in [5, 5.41) is 2.26. The molecular weight excluding hydrogens is 441 g/mol. The van der Waals surface area contributed by atoms with Crippen LogP contribution in [0.1, 0.15) is 16.1 Å². The van der Waals surface area contributed by atoms with Crippen LogP contribution in [-0.2, 0) is 15.7 Å². The number of halogens is 5. The molecule has 0 saturated heterocycles. The van der Waals surface area contributed by atoms with Crippen LogP contribution in [0, 0.1) is 0 Å². The zero-order valence-electron chi connectivity index (χ0n) is 16.0. The summed E-state index contributed by atoms with van der Waals surface area (Å²) in [5.74, 6) is -2.51. The highest BCUT2D eigenvalue weighted by Gasteiger charge is 2.30. The van der Waals surface area contributed by atoms with Crippen molar-refractivity contribution in [3.8, 4) is 17.1 Å². The van der Waals surface area contributed by atoms with Crippen LogP contribution in [-0.4, -0.2) is 25.1 Å². The molecule has 11 heteroatoms. The van der Waals surface area contributed by atoms with Crippen molar-refractivity contribution in [1.29, 1.82) is 0 Å². The van der Waals surface area contributed by atoms with Crippen molar-refractivity contribution < 1.29 is 45.4 Å². The van der Waals surface area contributed by atoms with E-state index in [2.05, 4.69) is 10.1 Å². The molecule has 1 N–H and O–H groups in total. The molecule has 0 fully saturated rings. The van der Waals surface area contributed by atoms with Crippen LogP contribution in [0.15, 0.2) is 65.1 Å². The Hall–Kier alpha value is -3.89. The monoisotopic (exact) mass is 455 g/mol. The van der Waals surface area contributed by atoms with Gasteiger partial charge in [-0.15, -0.1) is 0 Å². The number of hydrogen-bond donors (Lipinski definition) is 1. The van der Waals surface area contributed by atoms with E-state index in [1.54, 1.807) is 0 Å². The number of esters is 1. The van der Waals surface area contributed by atoms with Crippen LogP contribution in [0.25, 0.3) is 11.3 Å². The molecular formula is C21H14F5NO5. The number of amides is 1. The van der Waals surface area contributed by atoms with Gasteiger partial charge < -0.3 is 19.2 Å². The summed E-state index contributed by atoms with van der Waals surface area (Å²) < 4.78 is 77.7. The molecule has 32 heavy (non-hydrogen) atoms. The fourth-order valence-corrected chi connectivity index (χ4v) is 2.61. The van der Waals surface area contributed by atoms with Crippen molar-refractivity contribution in [2.45, 2.75) is 12.8 Å². The quantitative estimate of drug-likeness (QED) is 0.383. The maximum absolute atomic E-state index is 12.8. The molecule has 0 saturated carbocycles. The molecule has 1 heterocycles. The molecule has 0 aliphatic heterocycles. The molecule has 0 spiro atoms. The van der Waals surface area contributed by atoms with Gasteiger partial charge in [0, 0.05) is 5.56 Å². The lowest BCUT2D eigenvalue weighted by atomic mass is 10.1. The number of nitrogens with one attached hydrogen (secondary N) is 1. The third kappa shape index (κ3) is 5.84. The highest BCUT2D eigenvalue weighted by Crippen LogP contribution is 2.32. The molecule has 0 bridgehead atoms. The molecule has 0 aliphatic rings. The number of alkyl halides is 5. The van der Waals surface area contributed by atoms with Gasteiger partial charge in [-0.1, -0.05) is 24.3 Å². The number of ether oxygens (including phenoxy) is 2. The number of rotatable bonds is 7. The number of carbonyl (C=O) groups excluding carboxylic acids is 2. The second-order valence-electron chi connectivity index (χ2n) is 6.24. The molecule has 0 radical (unpaired) electrons. The maximum atomic E-state index is 12.8. The Morgan fingerprint density at radius 3 is 2.47 bits per heavy atom. The summed E-state index contributed by atoms with van der Waals surface area (Å²) in [6, 6.07) is 12.2. The third-order valence-electron chi connectivity index (χ3n) is 3.99. The fraction of sp³-hybridized carbons (Fsp3) is 0.143. The predicted molar refractivity (Wildman–Crippen MR) is 101 cm³/mol. The Morgan fingerprint density at radius 1 is 1.00 bits per heavy atom. The second kappa shape index (κ2) is 9.50. The number of anilines is 1. The Kier molecular flexibility index (Phi) is 6.76. The van der Waals surface area contributed by atoms with Crippen molar-refractivity contribution >= 4 is 17.6 Å². The van der Waals surface area contributed by atoms with E-state index in [-0.39, 0.29) is 28.5 Å². The first kappa shape index (κ1) is 22.8. The smallest absolute Gasteiger partial charge is 0.416 e. The van der Waals surface area contributed by atoms with Crippen molar-refractivity contribution in [2.75, 3.05) is 11.9 Å².